The lowest BCUT2D eigenvalue weighted by atomic mass is 10.3. The molecule has 14 heavy (non-hydrogen) atoms. The maximum absolute atomic E-state index is 12.3. The summed E-state index contributed by atoms with van der Waals surface area (Å²) in [5.41, 5.74) is -1.41. The molecule has 1 aromatic rings. The largest absolute Gasteiger partial charge is 0.768 e. The van der Waals surface area contributed by atoms with E-state index in [1.165, 1.54) is 14.0 Å². The first kappa shape index (κ1) is 11.2. The summed E-state index contributed by atoms with van der Waals surface area (Å²) in [5, 5.41) is 3.10. The molecule has 4 nitrogen and oxygen atoms in total. The van der Waals surface area contributed by atoms with E-state index >= 15 is 0 Å². The van der Waals surface area contributed by atoms with Gasteiger partial charge in [-0.2, -0.15) is 18.3 Å². The van der Waals surface area contributed by atoms with Gasteiger partial charge in [-0.05, 0) is 18.0 Å². The Morgan fingerprint density at radius 3 is 2.29 bits per heavy atom. The van der Waals surface area contributed by atoms with Crippen LogP contribution in [0.5, 0.6) is 0 Å². The topological polar surface area (TPSA) is 57.9 Å². The first-order chi connectivity index (χ1) is 6.25. The second kappa shape index (κ2) is 3.35. The van der Waals surface area contributed by atoms with Gasteiger partial charge >= 0.3 is 6.18 Å². The Hall–Kier alpha value is -0.890. The number of aromatic nitrogens is 2. The molecule has 1 aromatic heterocycles. The molecule has 0 aliphatic heterocycles. The molecule has 0 saturated heterocycles. The molecule has 0 aliphatic carbocycles. The Labute approximate surface area is 80.0 Å². The molecule has 0 radical (unpaired) electrons. The van der Waals surface area contributed by atoms with Crippen LogP contribution in [-0.2, 0) is 24.3 Å². The van der Waals surface area contributed by atoms with Crippen molar-refractivity contribution in [2.24, 2.45) is 7.05 Å². The Morgan fingerprint density at radius 1 is 1.50 bits per heavy atom. The van der Waals surface area contributed by atoms with E-state index in [4.69, 9.17) is 0 Å². The summed E-state index contributed by atoms with van der Waals surface area (Å²) >= 11 is -2.93. The van der Waals surface area contributed by atoms with Crippen LogP contribution in [0.1, 0.15) is 11.4 Å². The zero-order chi connectivity index (χ0) is 11.1. The minimum Gasteiger partial charge on any atom is -0.768 e. The molecular formula is C6H6F3N2O2S-. The van der Waals surface area contributed by atoms with Gasteiger partial charge in [0.15, 0.2) is 5.69 Å². The molecule has 0 aliphatic rings. The molecule has 0 bridgehead atoms. The molecule has 0 fully saturated rings. The average molecular weight is 227 g/mol. The van der Waals surface area contributed by atoms with Gasteiger partial charge in [-0.25, -0.2) is 0 Å². The second-order valence-corrected chi connectivity index (χ2v) is 3.50. The van der Waals surface area contributed by atoms with Crippen molar-refractivity contribution in [1.82, 2.24) is 9.78 Å². The summed E-state index contributed by atoms with van der Waals surface area (Å²) in [6.45, 7) is 1.26. The van der Waals surface area contributed by atoms with Crippen LogP contribution in [0.25, 0.3) is 0 Å². The molecule has 1 rings (SSSR count). The standard InChI is InChI=1S/C6H7F3N2O2S/c1-3-4(14(12)13)5(6(7,8)9)10-11(3)2/h1-2H3,(H,12,13)/p-1. The second-order valence-electron chi connectivity index (χ2n) is 2.62. The summed E-state index contributed by atoms with van der Waals surface area (Å²) in [7, 11) is 1.25. The first-order valence-electron chi connectivity index (χ1n) is 3.45. The normalized spacial score (nSPS) is 14.4. The van der Waals surface area contributed by atoms with Gasteiger partial charge in [-0.3, -0.25) is 8.89 Å². The fourth-order valence-electron chi connectivity index (χ4n) is 0.974. The molecule has 0 amide bonds. The van der Waals surface area contributed by atoms with E-state index in [0.29, 0.717) is 0 Å². The Morgan fingerprint density at radius 2 is 2.00 bits per heavy atom. The lowest BCUT2D eigenvalue weighted by molar-refractivity contribution is -0.143. The molecule has 0 saturated carbocycles. The SMILES string of the molecule is Cc1c(S(=O)[O-])c(C(F)(F)F)nn1C. The summed E-state index contributed by atoms with van der Waals surface area (Å²) in [6.07, 6.45) is -4.75. The zero-order valence-corrected chi connectivity index (χ0v) is 8.07. The van der Waals surface area contributed by atoms with Crippen molar-refractivity contribution < 1.29 is 21.9 Å². The molecule has 0 spiro atoms. The lowest BCUT2D eigenvalue weighted by Crippen LogP contribution is -2.10. The van der Waals surface area contributed by atoms with E-state index in [1.807, 2.05) is 0 Å². The van der Waals surface area contributed by atoms with Crippen LogP contribution in [0.4, 0.5) is 13.2 Å². The molecule has 8 heteroatoms. The number of aryl methyl sites for hydroxylation is 1. The van der Waals surface area contributed by atoms with Gasteiger partial charge < -0.3 is 4.55 Å². The lowest BCUT2D eigenvalue weighted by Gasteiger charge is -2.08. The van der Waals surface area contributed by atoms with Gasteiger partial charge in [-0.1, -0.05) is 0 Å². The van der Waals surface area contributed by atoms with Crippen LogP contribution < -0.4 is 0 Å². The number of hydrogen-bond donors (Lipinski definition) is 0. The molecule has 1 unspecified atom stereocenters. The van der Waals surface area contributed by atoms with Gasteiger partial charge in [0, 0.05) is 7.05 Å². The smallest absolute Gasteiger partial charge is 0.436 e. The highest BCUT2D eigenvalue weighted by molar-refractivity contribution is 7.79. The van der Waals surface area contributed by atoms with Crippen molar-refractivity contribution in [2.45, 2.75) is 18.0 Å². The number of nitrogens with zero attached hydrogens (tertiary/aromatic N) is 2. The third kappa shape index (κ3) is 1.80. The Balaban J connectivity index is 3.45. The summed E-state index contributed by atoms with van der Waals surface area (Å²) in [6, 6.07) is 0. The molecular weight excluding hydrogens is 221 g/mol. The number of rotatable bonds is 1. The molecule has 1 heterocycles. The van der Waals surface area contributed by atoms with E-state index in [2.05, 4.69) is 5.10 Å². The predicted molar refractivity (Wildman–Crippen MR) is 40.1 cm³/mol. The first-order valence-corrected chi connectivity index (χ1v) is 4.52. The highest BCUT2D eigenvalue weighted by Gasteiger charge is 2.38. The molecule has 1 atom stereocenters. The van der Waals surface area contributed by atoms with Gasteiger partial charge in [0.1, 0.15) is 0 Å². The maximum atomic E-state index is 12.3. The summed E-state index contributed by atoms with van der Waals surface area (Å²) in [5.74, 6) is 0. The van der Waals surface area contributed by atoms with Gasteiger partial charge in [0.05, 0.1) is 10.6 Å². The third-order valence-corrected chi connectivity index (χ3v) is 2.54. The van der Waals surface area contributed by atoms with E-state index in [-0.39, 0.29) is 5.69 Å². The number of halogens is 3. The minimum absolute atomic E-state index is 0.0364. The van der Waals surface area contributed by atoms with Crippen molar-refractivity contribution in [1.29, 1.82) is 0 Å². The molecule has 0 aromatic carbocycles. The van der Waals surface area contributed by atoms with E-state index in [9.17, 15) is 21.9 Å². The molecule has 80 valence electrons. The monoisotopic (exact) mass is 227 g/mol. The number of alkyl halides is 3. The van der Waals surface area contributed by atoms with E-state index in [0.717, 1.165) is 4.68 Å². The van der Waals surface area contributed by atoms with Crippen molar-refractivity contribution in [3.8, 4) is 0 Å². The fourth-order valence-corrected chi connectivity index (χ4v) is 1.66. The van der Waals surface area contributed by atoms with Crippen molar-refractivity contribution >= 4 is 11.1 Å². The summed E-state index contributed by atoms with van der Waals surface area (Å²) < 4.78 is 58.7. The van der Waals surface area contributed by atoms with Crippen LogP contribution in [-0.4, -0.2) is 18.5 Å². The van der Waals surface area contributed by atoms with Crippen molar-refractivity contribution in [3.63, 3.8) is 0 Å². The van der Waals surface area contributed by atoms with Crippen molar-refractivity contribution in [3.05, 3.63) is 11.4 Å². The van der Waals surface area contributed by atoms with Crippen LogP contribution in [0, 0.1) is 6.92 Å². The average Bonchev–Trinajstić information content (AvgIpc) is 2.27. The predicted octanol–water partition coefficient (Wildman–Crippen LogP) is 0.985. The molecule has 0 N–H and O–H groups in total. The Kier molecular flexibility index (Phi) is 2.68. The fraction of sp³-hybridized carbons (Fsp3) is 0.500. The van der Waals surface area contributed by atoms with Crippen LogP contribution in [0.3, 0.4) is 0 Å². The van der Waals surface area contributed by atoms with E-state index < -0.39 is 27.8 Å². The van der Waals surface area contributed by atoms with Crippen LogP contribution in [0.2, 0.25) is 0 Å². The van der Waals surface area contributed by atoms with Gasteiger partial charge in [-0.15, -0.1) is 0 Å². The third-order valence-electron chi connectivity index (χ3n) is 1.71. The highest BCUT2D eigenvalue weighted by atomic mass is 32.2. The van der Waals surface area contributed by atoms with Crippen LogP contribution in [0.15, 0.2) is 4.90 Å². The van der Waals surface area contributed by atoms with Crippen LogP contribution >= 0.6 is 0 Å². The quantitative estimate of drug-likeness (QED) is 0.672. The Bertz CT molecular complexity index is 385. The number of hydrogen-bond acceptors (Lipinski definition) is 3. The van der Waals surface area contributed by atoms with Crippen molar-refractivity contribution in [2.75, 3.05) is 0 Å². The maximum Gasteiger partial charge on any atom is 0.436 e. The van der Waals surface area contributed by atoms with Gasteiger partial charge in [0.2, 0.25) is 0 Å². The summed E-state index contributed by atoms with van der Waals surface area (Å²) in [4.78, 5) is -0.792. The zero-order valence-electron chi connectivity index (χ0n) is 7.25. The minimum atomic E-state index is -4.75. The van der Waals surface area contributed by atoms with Gasteiger partial charge in [0.25, 0.3) is 0 Å². The van der Waals surface area contributed by atoms with E-state index in [1.54, 1.807) is 0 Å². The highest BCUT2D eigenvalue weighted by Crippen LogP contribution is 2.33.